The predicted octanol–water partition coefficient (Wildman–Crippen LogP) is 4.19. The molecule has 1 aromatic rings. The molecule has 3 aliphatic rings. The molecule has 0 bridgehead atoms. The Bertz CT molecular complexity index is 1180. The van der Waals surface area contributed by atoms with Crippen LogP contribution in [0.1, 0.15) is 44.7 Å². The van der Waals surface area contributed by atoms with E-state index < -0.39 is 12.0 Å². The van der Waals surface area contributed by atoms with E-state index in [0.29, 0.717) is 54.7 Å². The highest BCUT2D eigenvalue weighted by molar-refractivity contribution is 8.16. The molecule has 0 radical (unpaired) electrons. The average molecular weight is 540 g/mol. The second-order valence-corrected chi connectivity index (χ2v) is 9.97. The van der Waals surface area contributed by atoms with E-state index >= 15 is 0 Å². The number of piperidine rings is 1. The molecule has 9 nitrogen and oxygen atoms in total. The molecule has 10 heteroatoms. The maximum atomic E-state index is 13.3. The molecule has 1 aromatic carbocycles. The summed E-state index contributed by atoms with van der Waals surface area (Å²) in [4.78, 5) is 47.0. The molecule has 0 aromatic heterocycles. The topological polar surface area (TPSA) is 97.7 Å². The van der Waals surface area contributed by atoms with Crippen LogP contribution in [0, 0.1) is 5.92 Å². The quantitative estimate of drug-likeness (QED) is 0.340. The van der Waals surface area contributed by atoms with Crippen LogP contribution in [0.15, 0.2) is 64.3 Å². The zero-order valence-corrected chi connectivity index (χ0v) is 22.8. The molecule has 0 saturated carbocycles. The molecule has 0 aliphatic carbocycles. The summed E-state index contributed by atoms with van der Waals surface area (Å²) in [5.41, 5.74) is 2.59. The molecule has 1 saturated heterocycles. The lowest BCUT2D eigenvalue weighted by Gasteiger charge is -2.37. The first-order chi connectivity index (χ1) is 18.4. The van der Waals surface area contributed by atoms with Gasteiger partial charge in [0.15, 0.2) is 5.17 Å². The Hall–Kier alpha value is -3.53. The molecule has 202 valence electrons. The number of nitrogens with zero attached hydrogens (tertiary/aromatic N) is 3. The van der Waals surface area contributed by atoms with Gasteiger partial charge in [-0.25, -0.2) is 9.79 Å². The highest BCUT2D eigenvalue weighted by Crippen LogP contribution is 2.45. The third-order valence-corrected chi connectivity index (χ3v) is 7.67. The van der Waals surface area contributed by atoms with Gasteiger partial charge in [-0.05, 0) is 49.8 Å². The number of allylic oxidation sites excluding steroid dienone is 1. The second-order valence-electron chi connectivity index (χ2n) is 9.14. The number of carbonyl (C=O) groups excluding carboxylic acids is 3. The van der Waals surface area contributed by atoms with Crippen molar-refractivity contribution in [2.24, 2.45) is 10.9 Å². The Balaban J connectivity index is 1.56. The summed E-state index contributed by atoms with van der Waals surface area (Å²) in [6, 6.07) is 6.98. The maximum Gasteiger partial charge on any atom is 0.338 e. The number of ether oxygens (including phenoxy) is 3. The van der Waals surface area contributed by atoms with Crippen LogP contribution in [0.2, 0.25) is 0 Å². The molecule has 1 atom stereocenters. The summed E-state index contributed by atoms with van der Waals surface area (Å²) in [6.07, 6.45) is 2.85. The van der Waals surface area contributed by atoms with Gasteiger partial charge in [0.25, 0.3) is 0 Å². The van der Waals surface area contributed by atoms with Crippen LogP contribution in [0.5, 0.6) is 5.75 Å². The van der Waals surface area contributed by atoms with Gasteiger partial charge in [0.1, 0.15) is 12.4 Å². The van der Waals surface area contributed by atoms with Crippen LogP contribution in [0.25, 0.3) is 0 Å². The molecule has 38 heavy (non-hydrogen) atoms. The Morgan fingerprint density at radius 2 is 1.87 bits per heavy atom. The van der Waals surface area contributed by atoms with E-state index in [2.05, 4.69) is 11.6 Å². The smallest absolute Gasteiger partial charge is 0.338 e. The van der Waals surface area contributed by atoms with Crippen molar-refractivity contribution >= 4 is 34.8 Å². The molecule has 3 aliphatic heterocycles. The lowest BCUT2D eigenvalue weighted by Crippen LogP contribution is -2.42. The summed E-state index contributed by atoms with van der Waals surface area (Å²) in [7, 11) is 1.60. The normalized spacial score (nSPS) is 19.4. The molecular weight excluding hydrogens is 506 g/mol. The molecule has 0 unspecified atom stereocenters. The zero-order valence-electron chi connectivity index (χ0n) is 22.0. The molecular formula is C28H33N3O6S. The third kappa shape index (κ3) is 5.80. The number of methoxy groups -OCH3 is 1. The standard InChI is InChI=1S/C28H33N3O6S/c1-5-15-37-27(34)24-18(3)29-28-31(25(24)19-7-9-22(35-4)10-8-19)21(17-38-28)16-23(32)30-13-11-20(12-14-30)26(33)36-6-2/h5,7-10,17,20,25H,1,6,11-16H2,2-4H3/t25-/m0/s1. The van der Waals surface area contributed by atoms with Crippen LogP contribution in [-0.4, -0.2) is 66.2 Å². The van der Waals surface area contributed by atoms with Crippen molar-refractivity contribution in [1.82, 2.24) is 9.80 Å². The molecule has 0 N–H and O–H groups in total. The van der Waals surface area contributed by atoms with Crippen molar-refractivity contribution in [2.45, 2.75) is 39.2 Å². The molecule has 4 rings (SSSR count). The lowest BCUT2D eigenvalue weighted by molar-refractivity contribution is -0.151. The fourth-order valence-electron chi connectivity index (χ4n) is 4.84. The van der Waals surface area contributed by atoms with Gasteiger partial charge in [0.2, 0.25) is 5.91 Å². The molecule has 0 spiro atoms. The third-order valence-electron chi connectivity index (χ3n) is 6.78. The van der Waals surface area contributed by atoms with E-state index in [4.69, 9.17) is 14.2 Å². The SMILES string of the molecule is C=CCOC(=O)C1=C(C)N=C2SC=C(CC(=O)N3CCC(C(=O)OCC)CC3)N2[C@H]1c1ccc(OC)cc1. The number of likely N-dealkylation sites (tertiary alicyclic amines) is 1. The van der Waals surface area contributed by atoms with Crippen molar-refractivity contribution in [2.75, 3.05) is 33.4 Å². The molecule has 1 amide bonds. The van der Waals surface area contributed by atoms with Crippen molar-refractivity contribution in [3.63, 3.8) is 0 Å². The Morgan fingerprint density at radius 1 is 1.16 bits per heavy atom. The highest BCUT2D eigenvalue weighted by atomic mass is 32.2. The Kier molecular flexibility index (Phi) is 8.93. The largest absolute Gasteiger partial charge is 0.497 e. The highest BCUT2D eigenvalue weighted by Gasteiger charge is 2.41. The molecule has 1 fully saturated rings. The summed E-state index contributed by atoms with van der Waals surface area (Å²) in [5, 5.41) is 2.62. The number of amidine groups is 1. The van der Waals surface area contributed by atoms with Gasteiger partial charge >= 0.3 is 11.9 Å². The first kappa shape index (κ1) is 27.5. The van der Waals surface area contributed by atoms with Gasteiger partial charge in [0.05, 0.1) is 43.4 Å². The zero-order chi connectivity index (χ0) is 27.2. The van der Waals surface area contributed by atoms with E-state index in [9.17, 15) is 14.4 Å². The number of benzene rings is 1. The van der Waals surface area contributed by atoms with Gasteiger partial charge in [0, 0.05) is 18.8 Å². The van der Waals surface area contributed by atoms with Gasteiger partial charge in [-0.15, -0.1) is 0 Å². The van der Waals surface area contributed by atoms with Gasteiger partial charge in [-0.2, -0.15) is 0 Å². The van der Waals surface area contributed by atoms with E-state index in [1.54, 1.807) is 25.9 Å². The number of esters is 2. The van der Waals surface area contributed by atoms with Crippen molar-refractivity contribution < 1.29 is 28.6 Å². The fraction of sp³-hybridized carbons (Fsp3) is 0.429. The van der Waals surface area contributed by atoms with Crippen LogP contribution < -0.4 is 4.74 Å². The van der Waals surface area contributed by atoms with Gasteiger partial charge < -0.3 is 24.0 Å². The minimum atomic E-state index is -0.519. The Morgan fingerprint density at radius 3 is 2.50 bits per heavy atom. The van der Waals surface area contributed by atoms with E-state index in [1.165, 1.54) is 17.8 Å². The fourth-order valence-corrected chi connectivity index (χ4v) is 5.80. The minimum Gasteiger partial charge on any atom is -0.497 e. The maximum absolute atomic E-state index is 13.3. The number of carbonyl (C=O) groups is 3. The van der Waals surface area contributed by atoms with Crippen LogP contribution in [0.4, 0.5) is 0 Å². The Labute approximate surface area is 227 Å². The van der Waals surface area contributed by atoms with E-state index in [-0.39, 0.29) is 30.8 Å². The number of hydrogen-bond donors (Lipinski definition) is 0. The van der Waals surface area contributed by atoms with Gasteiger partial charge in [-0.1, -0.05) is 36.5 Å². The predicted molar refractivity (Wildman–Crippen MR) is 145 cm³/mol. The first-order valence-corrected chi connectivity index (χ1v) is 13.6. The molecule has 3 heterocycles. The van der Waals surface area contributed by atoms with Crippen LogP contribution in [-0.2, 0) is 23.9 Å². The van der Waals surface area contributed by atoms with E-state index in [1.807, 2.05) is 34.6 Å². The first-order valence-electron chi connectivity index (χ1n) is 12.7. The van der Waals surface area contributed by atoms with Crippen LogP contribution in [0.3, 0.4) is 0 Å². The van der Waals surface area contributed by atoms with E-state index in [0.717, 1.165) is 11.3 Å². The monoisotopic (exact) mass is 539 g/mol. The summed E-state index contributed by atoms with van der Waals surface area (Å²) < 4.78 is 15.9. The van der Waals surface area contributed by atoms with Crippen LogP contribution >= 0.6 is 11.8 Å². The number of thioether (sulfide) groups is 1. The summed E-state index contributed by atoms with van der Waals surface area (Å²) in [6.45, 7) is 8.67. The average Bonchev–Trinajstić information content (AvgIpc) is 3.32. The second kappa shape index (κ2) is 12.3. The number of hydrogen-bond acceptors (Lipinski definition) is 9. The number of rotatable bonds is 9. The lowest BCUT2D eigenvalue weighted by atomic mass is 9.93. The van der Waals surface area contributed by atoms with Crippen molar-refractivity contribution in [3.8, 4) is 5.75 Å². The van der Waals surface area contributed by atoms with Crippen molar-refractivity contribution in [3.05, 3.63) is 64.9 Å². The minimum absolute atomic E-state index is 0.0315. The number of amides is 1. The number of fused-ring (bicyclic) bond motifs is 1. The summed E-state index contributed by atoms with van der Waals surface area (Å²) in [5.74, 6) is -0.171. The van der Waals surface area contributed by atoms with Crippen molar-refractivity contribution in [1.29, 1.82) is 0 Å². The van der Waals surface area contributed by atoms with Gasteiger partial charge in [-0.3, -0.25) is 9.59 Å². The number of aliphatic imine (C=N–C) groups is 1. The summed E-state index contributed by atoms with van der Waals surface area (Å²) >= 11 is 1.43.